The first-order chi connectivity index (χ1) is 17.0. The molecule has 1 N–H and O–H groups in total. The number of carbonyl (C=O) groups is 1. The summed E-state index contributed by atoms with van der Waals surface area (Å²) in [6, 6.07) is 11.8. The molecule has 186 valence electrons. The number of piperidine rings is 1. The molecule has 2 aromatic rings. The normalized spacial score (nSPS) is 28.1. The highest BCUT2D eigenvalue weighted by atomic mass is 16.3. The number of nitrogens with zero attached hydrogens (tertiary/aromatic N) is 4. The molecule has 2 atom stereocenters. The standard InChI is InChI=1S/C28H36N4O3/c33-25-17-23(21-7-2-1-3-8-21)29-20-31(25)19-28(35)14-16-30(18-27(28)12-4-5-13-27)26(34)32-15-6-9-24(32)22-10-11-22/h1-3,7-8,17,20,22,24,35H,4-6,9-16,18-19H2. The second kappa shape index (κ2) is 8.77. The average molecular weight is 477 g/mol. The first-order valence-corrected chi connectivity index (χ1v) is 13.4. The number of aromatic nitrogens is 2. The topological polar surface area (TPSA) is 78.7 Å². The van der Waals surface area contributed by atoms with Crippen molar-refractivity contribution in [1.29, 1.82) is 0 Å². The molecule has 4 aliphatic rings. The summed E-state index contributed by atoms with van der Waals surface area (Å²) < 4.78 is 1.56. The number of rotatable bonds is 4. The summed E-state index contributed by atoms with van der Waals surface area (Å²) in [7, 11) is 0. The predicted octanol–water partition coefficient (Wildman–Crippen LogP) is 3.90. The molecule has 1 spiro atoms. The first kappa shape index (κ1) is 22.8. The van der Waals surface area contributed by atoms with E-state index in [2.05, 4.69) is 9.88 Å². The van der Waals surface area contributed by atoms with Gasteiger partial charge in [-0.2, -0.15) is 0 Å². The van der Waals surface area contributed by atoms with E-state index in [1.54, 1.807) is 17.0 Å². The van der Waals surface area contributed by atoms with Crippen LogP contribution in [0.25, 0.3) is 11.3 Å². The lowest BCUT2D eigenvalue weighted by Crippen LogP contribution is -2.63. The molecule has 4 fully saturated rings. The van der Waals surface area contributed by atoms with Crippen molar-refractivity contribution in [3.63, 3.8) is 0 Å². The number of hydrogen-bond acceptors (Lipinski definition) is 4. The van der Waals surface area contributed by atoms with E-state index in [1.165, 1.54) is 12.8 Å². The molecule has 6 rings (SSSR count). The number of carbonyl (C=O) groups excluding carboxylic acids is 1. The Bertz CT molecular complexity index is 1140. The van der Waals surface area contributed by atoms with Crippen molar-refractivity contribution in [1.82, 2.24) is 19.4 Å². The van der Waals surface area contributed by atoms with Gasteiger partial charge in [-0.25, -0.2) is 9.78 Å². The Labute approximate surface area is 206 Å². The summed E-state index contributed by atoms with van der Waals surface area (Å²) >= 11 is 0. The molecule has 3 heterocycles. The van der Waals surface area contributed by atoms with E-state index in [4.69, 9.17) is 0 Å². The number of likely N-dealkylation sites (tertiary alicyclic amines) is 2. The molecule has 2 saturated heterocycles. The summed E-state index contributed by atoms with van der Waals surface area (Å²) in [5, 5.41) is 12.1. The van der Waals surface area contributed by atoms with Crippen LogP contribution in [0, 0.1) is 11.3 Å². The van der Waals surface area contributed by atoms with Crippen LogP contribution in [-0.4, -0.2) is 61.8 Å². The van der Waals surface area contributed by atoms with Gasteiger partial charge in [0, 0.05) is 42.7 Å². The molecule has 2 unspecified atom stereocenters. The zero-order chi connectivity index (χ0) is 24.0. The van der Waals surface area contributed by atoms with Gasteiger partial charge in [0.2, 0.25) is 0 Å². The van der Waals surface area contributed by atoms with Gasteiger partial charge >= 0.3 is 6.03 Å². The van der Waals surface area contributed by atoms with Crippen LogP contribution < -0.4 is 5.56 Å². The van der Waals surface area contributed by atoms with E-state index in [1.807, 2.05) is 35.2 Å². The van der Waals surface area contributed by atoms with Crippen LogP contribution in [0.2, 0.25) is 0 Å². The fourth-order valence-electron chi connectivity index (χ4n) is 7.04. The number of benzene rings is 1. The molecule has 35 heavy (non-hydrogen) atoms. The minimum Gasteiger partial charge on any atom is -0.387 e. The smallest absolute Gasteiger partial charge is 0.320 e. The Hall–Kier alpha value is -2.67. The summed E-state index contributed by atoms with van der Waals surface area (Å²) in [4.78, 5) is 35.3. The molecule has 1 aromatic carbocycles. The quantitative estimate of drug-likeness (QED) is 0.726. The lowest BCUT2D eigenvalue weighted by Gasteiger charge is -2.53. The second-order valence-electron chi connectivity index (χ2n) is 11.3. The maximum atomic E-state index is 13.6. The van der Waals surface area contributed by atoms with Crippen molar-refractivity contribution in [3.8, 4) is 11.3 Å². The van der Waals surface area contributed by atoms with Crippen LogP contribution in [0.3, 0.4) is 0 Å². The first-order valence-electron chi connectivity index (χ1n) is 13.4. The maximum absolute atomic E-state index is 13.6. The van der Waals surface area contributed by atoms with E-state index >= 15 is 0 Å². The van der Waals surface area contributed by atoms with Gasteiger partial charge in [-0.15, -0.1) is 0 Å². The molecule has 1 aromatic heterocycles. The third-order valence-corrected chi connectivity index (χ3v) is 9.20. The van der Waals surface area contributed by atoms with Crippen LogP contribution in [0.15, 0.2) is 47.5 Å². The second-order valence-corrected chi connectivity index (χ2v) is 11.3. The highest BCUT2D eigenvalue weighted by molar-refractivity contribution is 5.75. The monoisotopic (exact) mass is 476 g/mol. The largest absolute Gasteiger partial charge is 0.387 e. The SMILES string of the molecule is O=C(N1CCC(O)(Cn2cnc(-c3ccccc3)cc2=O)C2(CCCC2)C1)N1CCCC1C1CC1. The van der Waals surface area contributed by atoms with Crippen molar-refractivity contribution in [2.45, 2.75) is 76.0 Å². The molecular weight excluding hydrogens is 440 g/mol. The van der Waals surface area contributed by atoms with Crippen LogP contribution in [0.1, 0.15) is 57.8 Å². The number of urea groups is 1. The van der Waals surface area contributed by atoms with Crippen LogP contribution in [0.4, 0.5) is 4.79 Å². The van der Waals surface area contributed by atoms with Crippen molar-refractivity contribution in [2.24, 2.45) is 11.3 Å². The van der Waals surface area contributed by atoms with E-state index in [0.29, 0.717) is 37.2 Å². The van der Waals surface area contributed by atoms with Gasteiger partial charge in [0.15, 0.2) is 0 Å². The Morgan fingerprint density at radius 2 is 1.80 bits per heavy atom. The van der Waals surface area contributed by atoms with E-state index < -0.39 is 5.60 Å². The number of aliphatic hydroxyl groups is 1. The van der Waals surface area contributed by atoms with Gasteiger partial charge in [-0.05, 0) is 50.9 Å². The molecule has 7 nitrogen and oxygen atoms in total. The Morgan fingerprint density at radius 3 is 2.51 bits per heavy atom. The Balaban J connectivity index is 1.22. The van der Waals surface area contributed by atoms with E-state index in [-0.39, 0.29) is 23.6 Å². The summed E-state index contributed by atoms with van der Waals surface area (Å²) in [6.07, 6.45) is 10.7. The van der Waals surface area contributed by atoms with Crippen LogP contribution in [-0.2, 0) is 6.54 Å². The van der Waals surface area contributed by atoms with Gasteiger partial charge in [-0.1, -0.05) is 43.2 Å². The van der Waals surface area contributed by atoms with E-state index in [0.717, 1.165) is 50.6 Å². The van der Waals surface area contributed by atoms with Crippen molar-refractivity contribution in [3.05, 3.63) is 53.1 Å². The number of hydrogen-bond donors (Lipinski definition) is 1. The molecule has 2 aliphatic carbocycles. The zero-order valence-corrected chi connectivity index (χ0v) is 20.4. The summed E-state index contributed by atoms with van der Waals surface area (Å²) in [6.45, 7) is 2.21. The molecule has 2 amide bonds. The van der Waals surface area contributed by atoms with Gasteiger partial charge in [-0.3, -0.25) is 9.36 Å². The Kier molecular flexibility index (Phi) is 5.71. The molecule has 0 radical (unpaired) electrons. The maximum Gasteiger partial charge on any atom is 0.320 e. The van der Waals surface area contributed by atoms with Crippen molar-refractivity contribution >= 4 is 6.03 Å². The lowest BCUT2D eigenvalue weighted by molar-refractivity contribution is -0.136. The van der Waals surface area contributed by atoms with E-state index in [9.17, 15) is 14.7 Å². The summed E-state index contributed by atoms with van der Waals surface area (Å²) in [5.41, 5.74) is 0.00342. The summed E-state index contributed by atoms with van der Waals surface area (Å²) in [5.74, 6) is 0.696. The molecule has 0 bridgehead atoms. The molecule has 2 saturated carbocycles. The highest BCUT2D eigenvalue weighted by Gasteiger charge is 2.56. The van der Waals surface area contributed by atoms with Gasteiger partial charge in [0.1, 0.15) is 0 Å². The van der Waals surface area contributed by atoms with Gasteiger partial charge < -0.3 is 14.9 Å². The van der Waals surface area contributed by atoms with Crippen molar-refractivity contribution in [2.75, 3.05) is 19.6 Å². The molecular formula is C28H36N4O3. The molecule has 7 heteroatoms. The molecule has 2 aliphatic heterocycles. The average Bonchev–Trinajstić information content (AvgIpc) is 3.40. The third-order valence-electron chi connectivity index (χ3n) is 9.20. The number of amides is 2. The highest BCUT2D eigenvalue weighted by Crippen LogP contribution is 2.52. The van der Waals surface area contributed by atoms with Crippen LogP contribution in [0.5, 0.6) is 0 Å². The van der Waals surface area contributed by atoms with Gasteiger partial charge in [0.05, 0.1) is 24.2 Å². The van der Waals surface area contributed by atoms with Crippen molar-refractivity contribution < 1.29 is 9.90 Å². The fourth-order valence-corrected chi connectivity index (χ4v) is 7.04. The minimum absolute atomic E-state index is 0.150. The van der Waals surface area contributed by atoms with Gasteiger partial charge in [0.25, 0.3) is 5.56 Å². The van der Waals surface area contributed by atoms with Crippen LogP contribution >= 0.6 is 0 Å². The zero-order valence-electron chi connectivity index (χ0n) is 20.4. The predicted molar refractivity (Wildman–Crippen MR) is 134 cm³/mol. The Morgan fingerprint density at radius 1 is 1.03 bits per heavy atom. The third kappa shape index (κ3) is 4.07. The fraction of sp³-hybridized carbons (Fsp3) is 0.607. The lowest BCUT2D eigenvalue weighted by atomic mass is 9.66. The minimum atomic E-state index is -1.03.